The SMILES string of the molecule is C=CCSCCN1CC(Cc2ccccc2)NCC1CC. The Morgan fingerprint density at radius 1 is 1.38 bits per heavy atom. The second kappa shape index (κ2) is 9.29. The fraction of sp³-hybridized carbons (Fsp3) is 0.556. The van der Waals surface area contributed by atoms with Crippen molar-refractivity contribution in [3.63, 3.8) is 0 Å². The molecule has 1 aromatic rings. The minimum absolute atomic E-state index is 0.583. The van der Waals surface area contributed by atoms with Gasteiger partial charge in [-0.25, -0.2) is 0 Å². The summed E-state index contributed by atoms with van der Waals surface area (Å²) in [5.74, 6) is 2.27. The summed E-state index contributed by atoms with van der Waals surface area (Å²) >= 11 is 1.98. The van der Waals surface area contributed by atoms with Crippen LogP contribution < -0.4 is 5.32 Å². The van der Waals surface area contributed by atoms with Gasteiger partial charge in [-0.05, 0) is 18.4 Å². The third-order valence-electron chi connectivity index (χ3n) is 4.17. The molecule has 2 unspecified atom stereocenters. The minimum atomic E-state index is 0.583. The Hall–Kier alpha value is -0.770. The maximum Gasteiger partial charge on any atom is 0.0236 e. The van der Waals surface area contributed by atoms with E-state index in [1.165, 1.54) is 30.8 Å². The molecule has 1 fully saturated rings. The fourth-order valence-corrected chi connectivity index (χ4v) is 3.69. The van der Waals surface area contributed by atoms with E-state index in [9.17, 15) is 0 Å². The molecule has 0 radical (unpaired) electrons. The summed E-state index contributed by atoms with van der Waals surface area (Å²) in [6, 6.07) is 12.1. The molecule has 116 valence electrons. The van der Waals surface area contributed by atoms with Crippen molar-refractivity contribution in [3.8, 4) is 0 Å². The van der Waals surface area contributed by atoms with Crippen molar-refractivity contribution < 1.29 is 0 Å². The van der Waals surface area contributed by atoms with Crippen molar-refractivity contribution in [1.29, 1.82) is 0 Å². The molecule has 0 amide bonds. The standard InChI is InChI=1S/C18H28N2S/c1-3-11-21-12-10-20-15-17(19-14-18(20)4-2)13-16-8-6-5-7-9-16/h3,5-9,17-19H,1,4,10-15H2,2H3. The van der Waals surface area contributed by atoms with E-state index in [4.69, 9.17) is 0 Å². The molecule has 2 atom stereocenters. The largest absolute Gasteiger partial charge is 0.311 e. The summed E-state index contributed by atoms with van der Waals surface area (Å²) in [6.45, 7) is 9.58. The maximum atomic E-state index is 3.79. The Balaban J connectivity index is 1.84. The summed E-state index contributed by atoms with van der Waals surface area (Å²) in [6.07, 6.45) is 4.36. The summed E-state index contributed by atoms with van der Waals surface area (Å²) in [5, 5.41) is 3.74. The predicted octanol–water partition coefficient (Wildman–Crippen LogP) is 3.20. The van der Waals surface area contributed by atoms with Gasteiger partial charge in [-0.2, -0.15) is 11.8 Å². The summed E-state index contributed by atoms with van der Waals surface area (Å²) in [7, 11) is 0. The van der Waals surface area contributed by atoms with E-state index in [0.29, 0.717) is 12.1 Å². The first-order valence-electron chi connectivity index (χ1n) is 8.03. The van der Waals surface area contributed by atoms with Crippen LogP contribution in [0.3, 0.4) is 0 Å². The van der Waals surface area contributed by atoms with Crippen LogP contribution in [0.25, 0.3) is 0 Å². The van der Waals surface area contributed by atoms with Crippen molar-refractivity contribution >= 4 is 11.8 Å². The first-order valence-corrected chi connectivity index (χ1v) is 9.19. The van der Waals surface area contributed by atoms with Gasteiger partial charge in [0.15, 0.2) is 0 Å². The van der Waals surface area contributed by atoms with Crippen LogP contribution in [-0.2, 0) is 6.42 Å². The van der Waals surface area contributed by atoms with Gasteiger partial charge in [0.25, 0.3) is 0 Å². The third-order valence-corrected chi connectivity index (χ3v) is 5.11. The molecule has 1 aliphatic rings. The van der Waals surface area contributed by atoms with Crippen LogP contribution in [-0.4, -0.2) is 48.1 Å². The Morgan fingerprint density at radius 2 is 2.19 bits per heavy atom. The van der Waals surface area contributed by atoms with Crippen molar-refractivity contribution in [3.05, 3.63) is 48.6 Å². The number of benzene rings is 1. The van der Waals surface area contributed by atoms with Gasteiger partial charge in [0, 0.05) is 43.2 Å². The molecule has 1 saturated heterocycles. The highest BCUT2D eigenvalue weighted by Crippen LogP contribution is 2.14. The second-order valence-corrected chi connectivity index (χ2v) is 6.87. The zero-order valence-corrected chi connectivity index (χ0v) is 13.9. The van der Waals surface area contributed by atoms with Crippen LogP contribution >= 0.6 is 11.8 Å². The first kappa shape index (κ1) is 16.6. The number of nitrogens with zero attached hydrogens (tertiary/aromatic N) is 1. The normalized spacial score (nSPS) is 23.1. The van der Waals surface area contributed by atoms with Gasteiger partial charge < -0.3 is 5.32 Å². The van der Waals surface area contributed by atoms with Crippen LogP contribution in [0.5, 0.6) is 0 Å². The van der Waals surface area contributed by atoms with Crippen molar-refractivity contribution in [1.82, 2.24) is 10.2 Å². The molecule has 2 nitrogen and oxygen atoms in total. The smallest absolute Gasteiger partial charge is 0.0236 e. The molecule has 0 bridgehead atoms. The Kier molecular flexibility index (Phi) is 7.34. The third kappa shape index (κ3) is 5.50. The Labute approximate surface area is 134 Å². The summed E-state index contributed by atoms with van der Waals surface area (Å²) in [5.41, 5.74) is 1.44. The molecule has 0 saturated carbocycles. The van der Waals surface area contributed by atoms with Crippen molar-refractivity contribution in [2.75, 3.05) is 31.1 Å². The number of thioether (sulfide) groups is 1. The van der Waals surface area contributed by atoms with E-state index in [-0.39, 0.29) is 0 Å². The lowest BCUT2D eigenvalue weighted by molar-refractivity contribution is 0.134. The molecule has 0 aromatic heterocycles. The van der Waals surface area contributed by atoms with Crippen molar-refractivity contribution in [2.45, 2.75) is 31.8 Å². The number of hydrogen-bond acceptors (Lipinski definition) is 3. The average Bonchev–Trinajstić information content (AvgIpc) is 2.53. The lowest BCUT2D eigenvalue weighted by Gasteiger charge is -2.40. The van der Waals surface area contributed by atoms with Crippen LogP contribution in [0.1, 0.15) is 18.9 Å². The van der Waals surface area contributed by atoms with Crippen LogP contribution in [0.4, 0.5) is 0 Å². The van der Waals surface area contributed by atoms with Crippen LogP contribution in [0, 0.1) is 0 Å². The number of nitrogens with one attached hydrogen (secondary N) is 1. The van der Waals surface area contributed by atoms with Gasteiger partial charge in [0.1, 0.15) is 0 Å². The average molecular weight is 305 g/mol. The Bertz CT molecular complexity index is 407. The fourth-order valence-electron chi connectivity index (χ4n) is 2.99. The lowest BCUT2D eigenvalue weighted by atomic mass is 10.0. The van der Waals surface area contributed by atoms with E-state index in [0.717, 1.165) is 18.7 Å². The number of hydrogen-bond donors (Lipinski definition) is 1. The molecule has 1 aromatic carbocycles. The van der Waals surface area contributed by atoms with Crippen molar-refractivity contribution in [2.24, 2.45) is 0 Å². The molecular weight excluding hydrogens is 276 g/mol. The van der Waals surface area contributed by atoms with Crippen LogP contribution in [0.2, 0.25) is 0 Å². The van der Waals surface area contributed by atoms with E-state index >= 15 is 0 Å². The number of rotatable bonds is 8. The highest BCUT2D eigenvalue weighted by atomic mass is 32.2. The van der Waals surface area contributed by atoms with E-state index in [1.54, 1.807) is 0 Å². The maximum absolute atomic E-state index is 3.79. The Morgan fingerprint density at radius 3 is 2.90 bits per heavy atom. The zero-order chi connectivity index (χ0) is 14.9. The first-order chi connectivity index (χ1) is 10.3. The zero-order valence-electron chi connectivity index (χ0n) is 13.1. The molecular formula is C18H28N2S. The van der Waals surface area contributed by atoms with Gasteiger partial charge in [-0.3, -0.25) is 4.90 Å². The van der Waals surface area contributed by atoms with Gasteiger partial charge in [0.2, 0.25) is 0 Å². The molecule has 3 heteroatoms. The van der Waals surface area contributed by atoms with Gasteiger partial charge in [-0.15, -0.1) is 6.58 Å². The topological polar surface area (TPSA) is 15.3 Å². The summed E-state index contributed by atoms with van der Waals surface area (Å²) in [4.78, 5) is 2.68. The monoisotopic (exact) mass is 304 g/mol. The molecule has 1 aliphatic heterocycles. The molecule has 1 N–H and O–H groups in total. The van der Waals surface area contributed by atoms with Crippen LogP contribution in [0.15, 0.2) is 43.0 Å². The highest BCUT2D eigenvalue weighted by Gasteiger charge is 2.26. The van der Waals surface area contributed by atoms with Gasteiger partial charge in [0.05, 0.1) is 0 Å². The molecule has 0 spiro atoms. The van der Waals surface area contributed by atoms with Gasteiger partial charge in [-0.1, -0.05) is 43.3 Å². The predicted molar refractivity (Wildman–Crippen MR) is 95.1 cm³/mol. The second-order valence-electron chi connectivity index (χ2n) is 5.72. The highest BCUT2D eigenvalue weighted by molar-refractivity contribution is 7.99. The quantitative estimate of drug-likeness (QED) is 0.586. The lowest BCUT2D eigenvalue weighted by Crippen LogP contribution is -2.57. The van der Waals surface area contributed by atoms with E-state index < -0.39 is 0 Å². The van der Waals surface area contributed by atoms with E-state index in [1.807, 2.05) is 17.8 Å². The summed E-state index contributed by atoms with van der Waals surface area (Å²) < 4.78 is 0. The molecule has 21 heavy (non-hydrogen) atoms. The molecule has 0 aliphatic carbocycles. The minimum Gasteiger partial charge on any atom is -0.311 e. The molecule has 1 heterocycles. The van der Waals surface area contributed by atoms with E-state index in [2.05, 4.69) is 54.1 Å². The molecule has 2 rings (SSSR count). The van der Waals surface area contributed by atoms with Gasteiger partial charge >= 0.3 is 0 Å². The number of piperazine rings is 1.